The van der Waals surface area contributed by atoms with Crippen LogP contribution in [0.4, 0.5) is 4.39 Å². The second kappa shape index (κ2) is 7.01. The van der Waals surface area contributed by atoms with Crippen LogP contribution in [0.1, 0.15) is 31.2 Å². The normalized spacial score (nSPS) is 14.4. The van der Waals surface area contributed by atoms with E-state index < -0.39 is 0 Å². The lowest BCUT2D eigenvalue weighted by molar-refractivity contribution is -0.121. The van der Waals surface area contributed by atoms with Gasteiger partial charge < -0.3 is 10.6 Å². The summed E-state index contributed by atoms with van der Waals surface area (Å²) in [4.78, 5) is 11.4. The van der Waals surface area contributed by atoms with E-state index >= 15 is 0 Å². The molecule has 1 fully saturated rings. The lowest BCUT2D eigenvalue weighted by Crippen LogP contribution is -2.26. The van der Waals surface area contributed by atoms with Crippen LogP contribution >= 0.6 is 15.9 Å². The number of amides is 1. The van der Waals surface area contributed by atoms with Crippen LogP contribution in [0.15, 0.2) is 22.7 Å². The van der Waals surface area contributed by atoms with Gasteiger partial charge in [0.1, 0.15) is 5.82 Å². The molecule has 0 aromatic heterocycles. The zero-order valence-corrected chi connectivity index (χ0v) is 12.3. The first-order chi connectivity index (χ1) is 9.15. The average Bonchev–Trinajstić information content (AvgIpc) is 3.17. The second-order valence-electron chi connectivity index (χ2n) is 4.86. The van der Waals surface area contributed by atoms with Gasteiger partial charge in [-0.2, -0.15) is 0 Å². The zero-order valence-electron chi connectivity index (χ0n) is 10.7. The second-order valence-corrected chi connectivity index (χ2v) is 5.71. The van der Waals surface area contributed by atoms with Crippen LogP contribution in [0.2, 0.25) is 0 Å². The fourth-order valence-electron chi connectivity index (χ4n) is 1.80. The number of carbonyl (C=O) groups is 1. The van der Waals surface area contributed by atoms with E-state index in [1.54, 1.807) is 6.07 Å². The number of rotatable bonds is 7. The highest BCUT2D eigenvalue weighted by atomic mass is 79.9. The number of hydrogen-bond acceptors (Lipinski definition) is 2. The van der Waals surface area contributed by atoms with Gasteiger partial charge in [0.2, 0.25) is 5.91 Å². The molecule has 1 aromatic carbocycles. The standard InChI is InChI=1S/C14H18BrFN2O/c15-13-6-3-11(16)8-10(13)9-17-7-1-2-14(19)18-12-4-5-12/h3,6,8,12,17H,1-2,4-5,7,9H2,(H,18,19). The van der Waals surface area contributed by atoms with Gasteiger partial charge in [0.15, 0.2) is 0 Å². The van der Waals surface area contributed by atoms with Gasteiger partial charge in [-0.15, -0.1) is 0 Å². The molecular weight excluding hydrogens is 311 g/mol. The molecule has 1 aliphatic rings. The third kappa shape index (κ3) is 5.28. The minimum Gasteiger partial charge on any atom is -0.353 e. The molecular formula is C14H18BrFN2O. The largest absolute Gasteiger partial charge is 0.353 e. The predicted molar refractivity (Wildman–Crippen MR) is 76.2 cm³/mol. The molecule has 0 spiro atoms. The van der Waals surface area contributed by atoms with E-state index in [1.807, 2.05) is 0 Å². The van der Waals surface area contributed by atoms with Gasteiger partial charge >= 0.3 is 0 Å². The first-order valence-electron chi connectivity index (χ1n) is 6.59. The monoisotopic (exact) mass is 328 g/mol. The topological polar surface area (TPSA) is 41.1 Å². The molecule has 2 N–H and O–H groups in total. The fraction of sp³-hybridized carbons (Fsp3) is 0.500. The van der Waals surface area contributed by atoms with Gasteiger partial charge in [0.25, 0.3) is 0 Å². The molecule has 0 aliphatic heterocycles. The number of hydrogen-bond donors (Lipinski definition) is 2. The van der Waals surface area contributed by atoms with E-state index in [1.165, 1.54) is 12.1 Å². The first-order valence-corrected chi connectivity index (χ1v) is 7.38. The van der Waals surface area contributed by atoms with E-state index in [2.05, 4.69) is 26.6 Å². The summed E-state index contributed by atoms with van der Waals surface area (Å²) in [5, 5.41) is 6.17. The van der Waals surface area contributed by atoms with Crippen LogP contribution < -0.4 is 10.6 Å². The molecule has 0 bridgehead atoms. The predicted octanol–water partition coefficient (Wildman–Crippen LogP) is 2.74. The summed E-state index contributed by atoms with van der Waals surface area (Å²) in [5.74, 6) is -0.0972. The highest BCUT2D eigenvalue weighted by Gasteiger charge is 2.22. The van der Waals surface area contributed by atoms with E-state index in [-0.39, 0.29) is 11.7 Å². The molecule has 1 saturated carbocycles. The first kappa shape index (κ1) is 14.5. The quantitative estimate of drug-likeness (QED) is 0.755. The number of halogens is 2. The summed E-state index contributed by atoms with van der Waals surface area (Å²) in [6, 6.07) is 5.07. The Kier molecular flexibility index (Phi) is 5.34. The third-order valence-corrected chi connectivity index (χ3v) is 3.80. The Morgan fingerprint density at radius 3 is 2.95 bits per heavy atom. The third-order valence-electron chi connectivity index (χ3n) is 3.02. The van der Waals surface area contributed by atoms with Crippen LogP contribution in [0.5, 0.6) is 0 Å². The van der Waals surface area contributed by atoms with Crippen molar-refractivity contribution >= 4 is 21.8 Å². The zero-order chi connectivity index (χ0) is 13.7. The minimum absolute atomic E-state index is 0.135. The van der Waals surface area contributed by atoms with Crippen molar-refractivity contribution in [1.29, 1.82) is 0 Å². The van der Waals surface area contributed by atoms with Crippen molar-refractivity contribution in [2.24, 2.45) is 0 Å². The summed E-state index contributed by atoms with van der Waals surface area (Å²) in [6.07, 6.45) is 3.59. The van der Waals surface area contributed by atoms with Gasteiger partial charge in [-0.25, -0.2) is 4.39 Å². The van der Waals surface area contributed by atoms with Crippen molar-refractivity contribution in [3.8, 4) is 0 Å². The summed E-state index contributed by atoms with van der Waals surface area (Å²) >= 11 is 3.39. The van der Waals surface area contributed by atoms with Crippen molar-refractivity contribution in [2.75, 3.05) is 6.54 Å². The van der Waals surface area contributed by atoms with Crippen LogP contribution in [-0.4, -0.2) is 18.5 Å². The van der Waals surface area contributed by atoms with Crippen molar-refractivity contribution in [2.45, 2.75) is 38.3 Å². The number of nitrogens with one attached hydrogen (secondary N) is 2. The number of benzene rings is 1. The van der Waals surface area contributed by atoms with Crippen molar-refractivity contribution < 1.29 is 9.18 Å². The van der Waals surface area contributed by atoms with Crippen LogP contribution in [0.3, 0.4) is 0 Å². The highest BCUT2D eigenvalue weighted by molar-refractivity contribution is 9.10. The Morgan fingerprint density at radius 2 is 2.21 bits per heavy atom. The van der Waals surface area contributed by atoms with Crippen molar-refractivity contribution in [1.82, 2.24) is 10.6 Å². The summed E-state index contributed by atoms with van der Waals surface area (Å²) in [7, 11) is 0. The van der Waals surface area contributed by atoms with E-state index in [0.29, 0.717) is 19.0 Å². The lowest BCUT2D eigenvalue weighted by atomic mass is 10.2. The molecule has 1 amide bonds. The highest BCUT2D eigenvalue weighted by Crippen LogP contribution is 2.19. The maximum Gasteiger partial charge on any atom is 0.220 e. The van der Waals surface area contributed by atoms with E-state index in [0.717, 1.165) is 35.8 Å². The SMILES string of the molecule is O=C(CCCNCc1cc(F)ccc1Br)NC1CC1. The minimum atomic E-state index is -0.233. The molecule has 3 nitrogen and oxygen atoms in total. The maximum absolute atomic E-state index is 13.1. The summed E-state index contributed by atoms with van der Waals surface area (Å²) in [6.45, 7) is 1.35. The molecule has 1 aliphatic carbocycles. The molecule has 0 atom stereocenters. The molecule has 0 heterocycles. The van der Waals surface area contributed by atoms with Gasteiger partial charge in [-0.1, -0.05) is 15.9 Å². The van der Waals surface area contributed by atoms with Crippen molar-refractivity contribution in [3.63, 3.8) is 0 Å². The van der Waals surface area contributed by atoms with Crippen LogP contribution in [0, 0.1) is 5.82 Å². The Labute approximate surface area is 121 Å². The van der Waals surface area contributed by atoms with E-state index in [9.17, 15) is 9.18 Å². The fourth-order valence-corrected chi connectivity index (χ4v) is 2.19. The Bertz CT molecular complexity index is 449. The van der Waals surface area contributed by atoms with Crippen LogP contribution in [0.25, 0.3) is 0 Å². The molecule has 0 radical (unpaired) electrons. The number of carbonyl (C=O) groups excluding carboxylic acids is 1. The molecule has 1 aromatic rings. The van der Waals surface area contributed by atoms with Gasteiger partial charge in [-0.3, -0.25) is 4.79 Å². The maximum atomic E-state index is 13.1. The Morgan fingerprint density at radius 1 is 1.42 bits per heavy atom. The molecule has 5 heteroatoms. The summed E-state index contributed by atoms with van der Waals surface area (Å²) < 4.78 is 14.0. The van der Waals surface area contributed by atoms with E-state index in [4.69, 9.17) is 0 Å². The lowest BCUT2D eigenvalue weighted by Gasteiger charge is -2.07. The molecule has 104 valence electrons. The van der Waals surface area contributed by atoms with Gasteiger partial charge in [0, 0.05) is 23.5 Å². The molecule has 0 unspecified atom stereocenters. The summed E-state index contributed by atoms with van der Waals surface area (Å²) in [5.41, 5.74) is 0.891. The van der Waals surface area contributed by atoms with Gasteiger partial charge in [-0.05, 0) is 49.6 Å². The Hall–Kier alpha value is -0.940. The molecule has 2 rings (SSSR count). The average molecular weight is 329 g/mol. The van der Waals surface area contributed by atoms with Crippen LogP contribution in [-0.2, 0) is 11.3 Å². The molecule has 0 saturated heterocycles. The van der Waals surface area contributed by atoms with Gasteiger partial charge in [0.05, 0.1) is 0 Å². The molecule has 19 heavy (non-hydrogen) atoms. The smallest absolute Gasteiger partial charge is 0.220 e. The Balaban J connectivity index is 1.60. The van der Waals surface area contributed by atoms with Crippen molar-refractivity contribution in [3.05, 3.63) is 34.1 Å².